The number of aromatic nitrogens is 2. The molecule has 4 rings (SSSR count). The lowest BCUT2D eigenvalue weighted by atomic mass is 10.1. The summed E-state index contributed by atoms with van der Waals surface area (Å²) in [5.74, 6) is 1.93. The highest BCUT2D eigenvalue weighted by Crippen LogP contribution is 2.19. The molecule has 3 aromatic rings. The van der Waals surface area contributed by atoms with E-state index in [2.05, 4.69) is 29.1 Å². The van der Waals surface area contributed by atoms with E-state index in [9.17, 15) is 4.79 Å². The lowest BCUT2D eigenvalue weighted by molar-refractivity contribution is 0.0445. The van der Waals surface area contributed by atoms with Crippen molar-refractivity contribution >= 4 is 5.91 Å². The molecule has 1 saturated heterocycles. The molecule has 0 bridgehead atoms. The Morgan fingerprint density at radius 2 is 2.10 bits per heavy atom. The molecular weight excluding hydrogens is 368 g/mol. The van der Waals surface area contributed by atoms with Crippen molar-refractivity contribution < 1.29 is 13.9 Å². The predicted molar refractivity (Wildman–Crippen MR) is 109 cm³/mol. The molecule has 1 aliphatic heterocycles. The molecule has 2 aromatic heterocycles. The summed E-state index contributed by atoms with van der Waals surface area (Å²) in [4.78, 5) is 17.2. The van der Waals surface area contributed by atoms with Crippen LogP contribution in [0.5, 0.6) is 5.75 Å². The number of benzene rings is 1. The molecule has 0 N–H and O–H groups in total. The number of amides is 1. The fourth-order valence-corrected chi connectivity index (χ4v) is 3.78. The van der Waals surface area contributed by atoms with E-state index in [1.807, 2.05) is 35.4 Å². The minimum Gasteiger partial charge on any atom is -0.497 e. The van der Waals surface area contributed by atoms with E-state index in [0.29, 0.717) is 18.8 Å². The van der Waals surface area contributed by atoms with Gasteiger partial charge in [0.05, 0.1) is 13.7 Å². The van der Waals surface area contributed by atoms with Gasteiger partial charge in [0, 0.05) is 44.6 Å². The van der Waals surface area contributed by atoms with Gasteiger partial charge in [0.2, 0.25) is 0 Å². The maximum atomic E-state index is 12.9. The molecule has 0 radical (unpaired) electrons. The molecule has 3 heterocycles. The van der Waals surface area contributed by atoms with Gasteiger partial charge in [-0.1, -0.05) is 12.1 Å². The normalized spacial score (nSPS) is 17.4. The fourth-order valence-electron chi connectivity index (χ4n) is 3.78. The number of furan rings is 1. The van der Waals surface area contributed by atoms with Crippen LogP contribution in [-0.2, 0) is 13.1 Å². The van der Waals surface area contributed by atoms with E-state index >= 15 is 0 Å². The van der Waals surface area contributed by atoms with Crippen molar-refractivity contribution in [3.05, 3.63) is 71.9 Å². The summed E-state index contributed by atoms with van der Waals surface area (Å²) >= 11 is 0. The summed E-state index contributed by atoms with van der Waals surface area (Å²) in [5, 5.41) is 4.17. The number of carbonyl (C=O) groups is 1. The summed E-state index contributed by atoms with van der Waals surface area (Å²) in [6, 6.07) is 13.7. The zero-order valence-electron chi connectivity index (χ0n) is 16.8. The number of piperazine rings is 1. The maximum absolute atomic E-state index is 12.9. The highest BCUT2D eigenvalue weighted by molar-refractivity contribution is 5.91. The maximum Gasteiger partial charge on any atom is 0.289 e. The number of hydrogen-bond donors (Lipinski definition) is 0. The second-order valence-electron chi connectivity index (χ2n) is 7.40. The summed E-state index contributed by atoms with van der Waals surface area (Å²) < 4.78 is 12.9. The number of methoxy groups -OCH3 is 1. The van der Waals surface area contributed by atoms with Gasteiger partial charge in [0.25, 0.3) is 5.91 Å². The van der Waals surface area contributed by atoms with Crippen LogP contribution in [0.3, 0.4) is 0 Å². The topological polar surface area (TPSA) is 63.7 Å². The Morgan fingerprint density at radius 3 is 2.86 bits per heavy atom. The lowest BCUT2D eigenvalue weighted by Crippen LogP contribution is -2.53. The van der Waals surface area contributed by atoms with Crippen molar-refractivity contribution in [2.75, 3.05) is 26.7 Å². The number of ether oxygens (including phenoxy) is 1. The Labute approximate surface area is 170 Å². The van der Waals surface area contributed by atoms with E-state index in [1.165, 1.54) is 5.56 Å². The van der Waals surface area contributed by atoms with Crippen molar-refractivity contribution in [3.8, 4) is 5.75 Å². The highest BCUT2D eigenvalue weighted by Gasteiger charge is 2.29. The number of nitrogens with zero attached hydrogens (tertiary/aromatic N) is 4. The molecule has 0 aliphatic carbocycles. The standard InChI is InChI=1S/C22H26N4O3/c1-17-14-24(15-18-5-3-6-19(13-18)28-2)11-12-26(17)22(27)21-8-7-20(29-21)16-25-10-4-9-23-25/h3-10,13,17H,11-12,14-16H2,1-2H3/t17-/m0/s1. The average molecular weight is 394 g/mol. The zero-order chi connectivity index (χ0) is 20.2. The average Bonchev–Trinajstić information content (AvgIpc) is 3.40. The van der Waals surface area contributed by atoms with Crippen molar-refractivity contribution in [1.82, 2.24) is 19.6 Å². The summed E-state index contributed by atoms with van der Waals surface area (Å²) in [6.45, 7) is 5.78. The van der Waals surface area contributed by atoms with E-state index in [0.717, 1.165) is 31.1 Å². The van der Waals surface area contributed by atoms with Gasteiger partial charge < -0.3 is 14.1 Å². The molecule has 1 amide bonds. The van der Waals surface area contributed by atoms with Gasteiger partial charge in [-0.3, -0.25) is 14.4 Å². The fraction of sp³-hybridized carbons (Fsp3) is 0.364. The molecule has 29 heavy (non-hydrogen) atoms. The minimum atomic E-state index is -0.0507. The zero-order valence-corrected chi connectivity index (χ0v) is 16.8. The predicted octanol–water partition coefficient (Wildman–Crippen LogP) is 2.88. The van der Waals surface area contributed by atoms with E-state index in [1.54, 1.807) is 24.1 Å². The van der Waals surface area contributed by atoms with Gasteiger partial charge in [0.1, 0.15) is 11.5 Å². The van der Waals surface area contributed by atoms with Gasteiger partial charge in [-0.2, -0.15) is 5.10 Å². The van der Waals surface area contributed by atoms with Crippen LogP contribution in [0, 0.1) is 0 Å². The van der Waals surface area contributed by atoms with Crippen LogP contribution in [0.15, 0.2) is 59.3 Å². The molecule has 7 nitrogen and oxygen atoms in total. The van der Waals surface area contributed by atoms with E-state index in [-0.39, 0.29) is 11.9 Å². The number of carbonyl (C=O) groups excluding carboxylic acids is 1. The largest absolute Gasteiger partial charge is 0.497 e. The molecule has 152 valence electrons. The molecule has 7 heteroatoms. The molecular formula is C22H26N4O3. The highest BCUT2D eigenvalue weighted by atomic mass is 16.5. The first kappa shape index (κ1) is 19.3. The molecule has 1 fully saturated rings. The second kappa shape index (κ2) is 8.53. The minimum absolute atomic E-state index is 0.0507. The molecule has 1 atom stereocenters. The molecule has 0 spiro atoms. The number of hydrogen-bond acceptors (Lipinski definition) is 5. The summed E-state index contributed by atoms with van der Waals surface area (Å²) in [6.07, 6.45) is 3.59. The first-order chi connectivity index (χ1) is 14.1. The Bertz CT molecular complexity index is 951. The van der Waals surface area contributed by atoms with Gasteiger partial charge in [-0.25, -0.2) is 0 Å². The van der Waals surface area contributed by atoms with Crippen LogP contribution in [0.25, 0.3) is 0 Å². The Hall–Kier alpha value is -3.06. The first-order valence-corrected chi connectivity index (χ1v) is 9.85. The van der Waals surface area contributed by atoms with Crippen LogP contribution < -0.4 is 4.74 Å². The monoisotopic (exact) mass is 394 g/mol. The van der Waals surface area contributed by atoms with Crippen molar-refractivity contribution in [1.29, 1.82) is 0 Å². The van der Waals surface area contributed by atoms with Crippen LogP contribution in [-0.4, -0.2) is 58.3 Å². The third-order valence-electron chi connectivity index (χ3n) is 5.26. The smallest absolute Gasteiger partial charge is 0.289 e. The molecule has 0 unspecified atom stereocenters. The van der Waals surface area contributed by atoms with Crippen LogP contribution >= 0.6 is 0 Å². The van der Waals surface area contributed by atoms with Crippen molar-refractivity contribution in [2.24, 2.45) is 0 Å². The quantitative estimate of drug-likeness (QED) is 0.643. The van der Waals surface area contributed by atoms with Crippen molar-refractivity contribution in [3.63, 3.8) is 0 Å². The first-order valence-electron chi connectivity index (χ1n) is 9.85. The summed E-state index contributed by atoms with van der Waals surface area (Å²) in [5.41, 5.74) is 1.21. The third kappa shape index (κ3) is 4.51. The second-order valence-corrected chi connectivity index (χ2v) is 7.40. The molecule has 1 aliphatic rings. The van der Waals surface area contributed by atoms with Gasteiger partial charge in [-0.15, -0.1) is 0 Å². The van der Waals surface area contributed by atoms with Crippen molar-refractivity contribution in [2.45, 2.75) is 26.1 Å². The van der Waals surface area contributed by atoms with Gasteiger partial charge in [0.15, 0.2) is 5.76 Å². The van der Waals surface area contributed by atoms with E-state index in [4.69, 9.17) is 9.15 Å². The Kier molecular flexibility index (Phi) is 5.67. The lowest BCUT2D eigenvalue weighted by Gasteiger charge is -2.39. The third-order valence-corrected chi connectivity index (χ3v) is 5.26. The Balaban J connectivity index is 1.35. The molecule has 0 saturated carbocycles. The van der Waals surface area contributed by atoms with Crippen LogP contribution in [0.1, 0.15) is 28.8 Å². The van der Waals surface area contributed by atoms with Gasteiger partial charge >= 0.3 is 0 Å². The molecule has 1 aromatic carbocycles. The van der Waals surface area contributed by atoms with Crippen LogP contribution in [0.2, 0.25) is 0 Å². The SMILES string of the molecule is COc1cccc(CN2CCN(C(=O)c3ccc(Cn4cccn4)o3)[C@@H](C)C2)c1. The van der Waals surface area contributed by atoms with Gasteiger partial charge in [-0.05, 0) is 42.8 Å². The number of rotatable bonds is 6. The Morgan fingerprint density at radius 1 is 1.21 bits per heavy atom. The summed E-state index contributed by atoms with van der Waals surface area (Å²) in [7, 11) is 1.68. The van der Waals surface area contributed by atoms with Crippen LogP contribution in [0.4, 0.5) is 0 Å². The van der Waals surface area contributed by atoms with E-state index < -0.39 is 0 Å².